The summed E-state index contributed by atoms with van der Waals surface area (Å²) in [6, 6.07) is 41.6. The second kappa shape index (κ2) is 10.8. The Kier molecular flexibility index (Phi) is 6.70. The van der Waals surface area contributed by atoms with Gasteiger partial charge in [0.1, 0.15) is 11.5 Å². The Hall–Kier alpha value is -5.41. The number of aromatic hydroxyl groups is 2. The molecule has 0 amide bonds. The Morgan fingerprint density at radius 2 is 0.825 bits per heavy atom. The van der Waals surface area contributed by atoms with Gasteiger partial charge < -0.3 is 10.2 Å². The van der Waals surface area contributed by atoms with E-state index in [4.69, 9.17) is 0 Å². The topological polar surface area (TPSA) is 57.5 Å². The highest BCUT2D eigenvalue weighted by Gasteiger charge is 2.21. The van der Waals surface area contributed by atoms with Gasteiger partial charge in [0.2, 0.25) is 0 Å². The minimum atomic E-state index is -0.225. The molecule has 40 heavy (non-hydrogen) atoms. The highest BCUT2D eigenvalue weighted by atomic mass is 16.3. The molecule has 0 aliphatic rings. The fraction of sp³-hybridized carbons (Fsp3) is 0. The first-order valence-electron chi connectivity index (χ1n) is 13.1. The second-order valence-electron chi connectivity index (χ2n) is 9.62. The molecule has 0 atom stereocenters. The van der Waals surface area contributed by atoms with E-state index in [0.717, 1.165) is 32.7 Å². The second-order valence-corrected chi connectivity index (χ2v) is 9.62. The Balaban J connectivity index is 1.62. The van der Waals surface area contributed by atoms with Crippen molar-refractivity contribution >= 4 is 50.6 Å². The first-order valence-corrected chi connectivity index (χ1v) is 13.1. The number of phenols is 2. The van der Waals surface area contributed by atoms with Gasteiger partial charge in [-0.15, -0.1) is 0 Å². The van der Waals surface area contributed by atoms with E-state index in [2.05, 4.69) is 0 Å². The van der Waals surface area contributed by atoms with Crippen molar-refractivity contribution in [3.05, 3.63) is 156 Å². The summed E-state index contributed by atoms with van der Waals surface area (Å²) in [7, 11) is 0. The molecule has 0 unspecified atom stereocenters. The summed E-state index contributed by atoms with van der Waals surface area (Å²) in [6.07, 6.45) is 3.55. The Labute approximate surface area is 232 Å². The maximum absolute atomic E-state index is 14.6. The van der Waals surface area contributed by atoms with E-state index >= 15 is 0 Å². The van der Waals surface area contributed by atoms with E-state index in [0.29, 0.717) is 22.3 Å². The van der Waals surface area contributed by atoms with Gasteiger partial charge in [0.15, 0.2) is 5.78 Å². The van der Waals surface area contributed by atoms with Crippen molar-refractivity contribution in [2.24, 2.45) is 0 Å². The van der Waals surface area contributed by atoms with Crippen molar-refractivity contribution in [3.63, 3.8) is 0 Å². The van der Waals surface area contributed by atoms with Crippen molar-refractivity contribution in [1.82, 2.24) is 0 Å². The first kappa shape index (κ1) is 24.9. The maximum atomic E-state index is 14.6. The third-order valence-corrected chi connectivity index (χ3v) is 7.13. The number of Topliss-reactive ketones (excluding diaryl/α,β-unsaturated/α-hetero) is 1. The lowest BCUT2D eigenvalue weighted by Crippen LogP contribution is -2.06. The van der Waals surface area contributed by atoms with E-state index in [-0.39, 0.29) is 17.3 Å². The smallest absolute Gasteiger partial charge is 0.194 e. The highest BCUT2D eigenvalue weighted by Crippen LogP contribution is 2.36. The fourth-order valence-corrected chi connectivity index (χ4v) is 5.10. The van der Waals surface area contributed by atoms with Crippen LogP contribution in [0.25, 0.3) is 44.8 Å². The molecule has 2 N–H and O–H groups in total. The van der Waals surface area contributed by atoms with Crippen LogP contribution in [0.1, 0.15) is 22.3 Å². The molecule has 6 aromatic rings. The SMILES string of the molecule is O=C(C(=Cc1c(O)ccc2ccccc12)c1ccccc1)C(=Cc1c(O)ccc2ccccc12)c1ccccc1. The molecule has 3 nitrogen and oxygen atoms in total. The zero-order valence-corrected chi connectivity index (χ0v) is 21.7. The molecule has 0 aliphatic heterocycles. The molecule has 0 bridgehead atoms. The summed E-state index contributed by atoms with van der Waals surface area (Å²) in [4.78, 5) is 14.6. The third-order valence-electron chi connectivity index (χ3n) is 7.13. The molecule has 0 spiro atoms. The fourth-order valence-electron chi connectivity index (χ4n) is 5.10. The van der Waals surface area contributed by atoms with Gasteiger partial charge >= 0.3 is 0 Å². The van der Waals surface area contributed by atoms with Crippen LogP contribution in [0, 0.1) is 0 Å². The van der Waals surface area contributed by atoms with Crippen LogP contribution in [0.2, 0.25) is 0 Å². The van der Waals surface area contributed by atoms with Gasteiger partial charge in [-0.1, -0.05) is 121 Å². The molecule has 0 saturated heterocycles. The van der Waals surface area contributed by atoms with E-state index in [9.17, 15) is 15.0 Å². The lowest BCUT2D eigenvalue weighted by atomic mass is 9.88. The zero-order chi connectivity index (χ0) is 27.5. The Morgan fingerprint density at radius 3 is 1.25 bits per heavy atom. The molecule has 0 heterocycles. The van der Waals surface area contributed by atoms with E-state index in [1.165, 1.54) is 0 Å². The number of ketones is 1. The van der Waals surface area contributed by atoms with Crippen molar-refractivity contribution in [2.45, 2.75) is 0 Å². The molecule has 3 heteroatoms. The summed E-state index contributed by atoms with van der Waals surface area (Å²) in [6.45, 7) is 0. The number of rotatable bonds is 6. The van der Waals surface area contributed by atoms with Crippen LogP contribution in [0.4, 0.5) is 0 Å². The highest BCUT2D eigenvalue weighted by molar-refractivity contribution is 6.47. The Bertz CT molecular complexity index is 1780. The molecule has 0 radical (unpaired) electrons. The maximum Gasteiger partial charge on any atom is 0.194 e. The number of hydrogen-bond acceptors (Lipinski definition) is 3. The summed E-state index contributed by atoms with van der Waals surface area (Å²) >= 11 is 0. The third kappa shape index (κ3) is 4.77. The van der Waals surface area contributed by atoms with Crippen LogP contribution < -0.4 is 0 Å². The van der Waals surface area contributed by atoms with Crippen molar-refractivity contribution < 1.29 is 15.0 Å². The number of hydrogen-bond donors (Lipinski definition) is 2. The molecule has 0 fully saturated rings. The van der Waals surface area contributed by atoms with Gasteiger partial charge in [-0.2, -0.15) is 0 Å². The standard InChI is InChI=1S/C37H26O3/c38-35-21-19-27-15-7-9-17-29(27)33(35)23-31(25-11-3-1-4-12-25)37(40)32(26-13-5-2-6-14-26)24-34-30-18-10-8-16-28(30)20-22-36(34)39/h1-24,38-39H. The van der Waals surface area contributed by atoms with E-state index in [1.54, 1.807) is 24.3 Å². The quantitative estimate of drug-likeness (QED) is 0.171. The van der Waals surface area contributed by atoms with Gasteiger partial charge in [-0.05, 0) is 57.0 Å². The van der Waals surface area contributed by atoms with Gasteiger partial charge in [0.05, 0.1) is 0 Å². The van der Waals surface area contributed by atoms with Crippen molar-refractivity contribution in [3.8, 4) is 11.5 Å². The van der Waals surface area contributed by atoms with Crippen LogP contribution in [0.3, 0.4) is 0 Å². The van der Waals surface area contributed by atoms with Crippen LogP contribution in [0.15, 0.2) is 133 Å². The van der Waals surface area contributed by atoms with E-state index in [1.807, 2.05) is 121 Å². The lowest BCUT2D eigenvalue weighted by molar-refractivity contribution is -0.108. The average molecular weight is 519 g/mol. The van der Waals surface area contributed by atoms with Gasteiger partial charge in [-0.25, -0.2) is 0 Å². The van der Waals surface area contributed by atoms with Crippen LogP contribution in [-0.4, -0.2) is 16.0 Å². The molecule has 0 aromatic heterocycles. The molecule has 6 aromatic carbocycles. The van der Waals surface area contributed by atoms with Crippen molar-refractivity contribution in [2.75, 3.05) is 0 Å². The minimum absolute atomic E-state index is 0.0943. The first-order chi connectivity index (χ1) is 19.6. The predicted octanol–water partition coefficient (Wildman–Crippen LogP) is 8.75. The molecule has 0 saturated carbocycles. The number of carbonyl (C=O) groups excluding carboxylic acids is 1. The number of benzene rings is 6. The number of carbonyl (C=O) groups is 1. The summed E-state index contributed by atoms with van der Waals surface area (Å²) in [5.74, 6) is -0.0363. The van der Waals surface area contributed by atoms with E-state index < -0.39 is 0 Å². The van der Waals surface area contributed by atoms with Gasteiger partial charge in [0.25, 0.3) is 0 Å². The lowest BCUT2D eigenvalue weighted by Gasteiger charge is -2.14. The Morgan fingerprint density at radius 1 is 0.450 bits per heavy atom. The summed E-state index contributed by atoms with van der Waals surface area (Å²) in [5, 5.41) is 25.5. The van der Waals surface area contributed by atoms with Gasteiger partial charge in [0, 0.05) is 22.3 Å². The zero-order valence-electron chi connectivity index (χ0n) is 21.7. The van der Waals surface area contributed by atoms with Crippen LogP contribution in [0.5, 0.6) is 11.5 Å². The number of phenolic OH excluding ortho intramolecular Hbond substituents is 2. The predicted molar refractivity (Wildman–Crippen MR) is 165 cm³/mol. The normalized spacial score (nSPS) is 12.1. The van der Waals surface area contributed by atoms with Crippen LogP contribution in [-0.2, 0) is 4.79 Å². The molecular formula is C37H26O3. The average Bonchev–Trinajstić information content (AvgIpc) is 3.01. The minimum Gasteiger partial charge on any atom is -0.507 e. The van der Waals surface area contributed by atoms with Crippen LogP contribution >= 0.6 is 0 Å². The largest absolute Gasteiger partial charge is 0.507 e. The number of allylic oxidation sites excluding steroid dienone is 2. The van der Waals surface area contributed by atoms with Crippen molar-refractivity contribution in [1.29, 1.82) is 0 Å². The number of fused-ring (bicyclic) bond motifs is 2. The summed E-state index contributed by atoms with van der Waals surface area (Å²) in [5.41, 5.74) is 3.47. The molecule has 0 aliphatic carbocycles. The summed E-state index contributed by atoms with van der Waals surface area (Å²) < 4.78 is 0. The van der Waals surface area contributed by atoms with Gasteiger partial charge in [-0.3, -0.25) is 4.79 Å². The molecule has 6 rings (SSSR count). The monoisotopic (exact) mass is 518 g/mol. The molecular weight excluding hydrogens is 492 g/mol. The molecule has 192 valence electrons.